The third-order valence-electron chi connectivity index (χ3n) is 2.14. The molecule has 0 spiro atoms. The third kappa shape index (κ3) is 4.28. The van der Waals surface area contributed by atoms with Crippen molar-refractivity contribution in [3.8, 4) is 0 Å². The average Bonchev–Trinajstić information content (AvgIpc) is 2.43. The van der Waals surface area contributed by atoms with Gasteiger partial charge in [-0.15, -0.1) is 0 Å². The Morgan fingerprint density at radius 2 is 1.89 bits per heavy atom. The van der Waals surface area contributed by atoms with Gasteiger partial charge in [0.15, 0.2) is 0 Å². The first-order chi connectivity index (χ1) is 9.03. The summed E-state index contributed by atoms with van der Waals surface area (Å²) in [5.41, 5.74) is -0.0622. The van der Waals surface area contributed by atoms with E-state index in [1.165, 1.54) is 38.5 Å². The summed E-state index contributed by atoms with van der Waals surface area (Å²) < 4.78 is 33.1. The van der Waals surface area contributed by atoms with Gasteiger partial charge >= 0.3 is 5.97 Å². The summed E-state index contributed by atoms with van der Waals surface area (Å²) in [5, 5.41) is 0. The van der Waals surface area contributed by atoms with Gasteiger partial charge in [0.05, 0.1) is 30.8 Å². The number of ether oxygens (including phenoxy) is 2. The van der Waals surface area contributed by atoms with Crippen LogP contribution in [0.3, 0.4) is 0 Å². The zero-order valence-electron chi connectivity index (χ0n) is 10.6. The molecule has 0 atom stereocenters. The van der Waals surface area contributed by atoms with E-state index in [2.05, 4.69) is 4.74 Å². The molecule has 19 heavy (non-hydrogen) atoms. The van der Waals surface area contributed by atoms with E-state index in [4.69, 9.17) is 9.57 Å². The minimum absolute atomic E-state index is 0.0517. The highest BCUT2D eigenvalue weighted by molar-refractivity contribution is 7.89. The van der Waals surface area contributed by atoms with Crippen LogP contribution in [0.1, 0.15) is 10.4 Å². The molecule has 1 aromatic carbocycles. The van der Waals surface area contributed by atoms with Crippen molar-refractivity contribution < 1.29 is 27.5 Å². The molecule has 0 bridgehead atoms. The Morgan fingerprint density at radius 1 is 1.21 bits per heavy atom. The number of methoxy groups -OCH3 is 2. The van der Waals surface area contributed by atoms with Gasteiger partial charge in [-0.05, 0) is 12.1 Å². The van der Waals surface area contributed by atoms with Gasteiger partial charge in [-0.3, -0.25) is 4.84 Å². The largest absolute Gasteiger partial charge is 0.465 e. The standard InChI is InChI=1S/C11H15NO6S/c1-16-7-8-18-12-19(14,15)10-6-4-3-5-9(10)11(13)17-2/h3-6,12H,7-8H2,1-2H3. The molecule has 106 valence electrons. The van der Waals surface area contributed by atoms with Crippen LogP contribution in [0.5, 0.6) is 0 Å². The van der Waals surface area contributed by atoms with Crippen molar-refractivity contribution in [2.75, 3.05) is 27.4 Å². The topological polar surface area (TPSA) is 90.9 Å². The van der Waals surface area contributed by atoms with Crippen LogP contribution < -0.4 is 4.89 Å². The van der Waals surface area contributed by atoms with Crippen molar-refractivity contribution in [1.29, 1.82) is 0 Å². The van der Waals surface area contributed by atoms with Gasteiger partial charge in [-0.25, -0.2) is 13.2 Å². The molecule has 0 saturated carbocycles. The van der Waals surface area contributed by atoms with Crippen LogP contribution in [0, 0.1) is 0 Å². The zero-order valence-corrected chi connectivity index (χ0v) is 11.4. The molecule has 0 heterocycles. The molecular weight excluding hydrogens is 274 g/mol. The van der Waals surface area contributed by atoms with Crippen molar-refractivity contribution in [2.45, 2.75) is 4.90 Å². The minimum atomic E-state index is -3.96. The van der Waals surface area contributed by atoms with Crippen LogP contribution >= 0.6 is 0 Å². The molecule has 1 rings (SSSR count). The van der Waals surface area contributed by atoms with Gasteiger partial charge in [0.25, 0.3) is 10.0 Å². The summed E-state index contributed by atoms with van der Waals surface area (Å²) in [4.78, 5) is 17.9. The molecule has 0 aliphatic rings. The van der Waals surface area contributed by atoms with Gasteiger partial charge in [0.1, 0.15) is 0 Å². The summed E-state index contributed by atoms with van der Waals surface area (Å²) in [7, 11) is -1.32. The first kappa shape index (κ1) is 15.6. The number of carbonyl (C=O) groups is 1. The van der Waals surface area contributed by atoms with Crippen LogP contribution in [0.2, 0.25) is 0 Å². The quantitative estimate of drug-likeness (QED) is 0.442. The van der Waals surface area contributed by atoms with Gasteiger partial charge < -0.3 is 9.47 Å². The number of esters is 1. The van der Waals surface area contributed by atoms with E-state index in [0.29, 0.717) is 0 Å². The molecule has 0 aliphatic heterocycles. The SMILES string of the molecule is COCCONS(=O)(=O)c1ccccc1C(=O)OC. The Morgan fingerprint density at radius 3 is 2.53 bits per heavy atom. The minimum Gasteiger partial charge on any atom is -0.465 e. The van der Waals surface area contributed by atoms with Gasteiger partial charge in [0.2, 0.25) is 0 Å². The Labute approximate surface area is 111 Å². The lowest BCUT2D eigenvalue weighted by molar-refractivity contribution is 0.0437. The lowest BCUT2D eigenvalue weighted by atomic mass is 10.2. The summed E-state index contributed by atoms with van der Waals surface area (Å²) in [5.74, 6) is -0.738. The van der Waals surface area contributed by atoms with Crippen LogP contribution in [0.4, 0.5) is 0 Å². The summed E-state index contributed by atoms with van der Waals surface area (Å²) >= 11 is 0. The fourth-order valence-corrected chi connectivity index (χ4v) is 2.30. The maximum atomic E-state index is 12.0. The summed E-state index contributed by atoms with van der Waals surface area (Å²) in [6.07, 6.45) is 0. The normalized spacial score (nSPS) is 11.3. The number of benzene rings is 1. The van der Waals surface area contributed by atoms with Crippen LogP contribution in [-0.2, 0) is 24.3 Å². The Balaban J connectivity index is 2.92. The summed E-state index contributed by atoms with van der Waals surface area (Å²) in [6, 6.07) is 5.68. The Kier molecular flexibility index (Phi) is 5.90. The monoisotopic (exact) mass is 289 g/mol. The highest BCUT2D eigenvalue weighted by Crippen LogP contribution is 2.16. The molecule has 1 N–H and O–H groups in total. The highest BCUT2D eigenvalue weighted by Gasteiger charge is 2.22. The van der Waals surface area contributed by atoms with E-state index in [0.717, 1.165) is 0 Å². The van der Waals surface area contributed by atoms with Crippen LogP contribution in [-0.4, -0.2) is 41.8 Å². The van der Waals surface area contributed by atoms with E-state index in [9.17, 15) is 13.2 Å². The molecule has 0 aliphatic carbocycles. The lowest BCUT2D eigenvalue weighted by Gasteiger charge is -2.10. The second kappa shape index (κ2) is 7.19. The van der Waals surface area contributed by atoms with Gasteiger partial charge in [0, 0.05) is 7.11 Å². The first-order valence-electron chi connectivity index (χ1n) is 5.33. The average molecular weight is 289 g/mol. The van der Waals surface area contributed by atoms with Crippen molar-refractivity contribution in [3.05, 3.63) is 29.8 Å². The summed E-state index contributed by atoms with van der Waals surface area (Å²) in [6.45, 7) is 0.289. The molecule has 0 amide bonds. The lowest BCUT2D eigenvalue weighted by Crippen LogP contribution is -2.27. The maximum absolute atomic E-state index is 12.0. The van der Waals surface area contributed by atoms with E-state index < -0.39 is 16.0 Å². The predicted molar refractivity (Wildman–Crippen MR) is 65.9 cm³/mol. The van der Waals surface area contributed by atoms with Gasteiger partial charge in [-0.1, -0.05) is 17.0 Å². The van der Waals surface area contributed by atoms with Crippen LogP contribution in [0.25, 0.3) is 0 Å². The van der Waals surface area contributed by atoms with Gasteiger partial charge in [-0.2, -0.15) is 0 Å². The second-order valence-electron chi connectivity index (χ2n) is 3.42. The zero-order chi connectivity index (χ0) is 14.3. The fourth-order valence-electron chi connectivity index (χ4n) is 1.27. The molecule has 7 nitrogen and oxygen atoms in total. The number of nitrogens with one attached hydrogen (secondary N) is 1. The molecule has 0 unspecified atom stereocenters. The molecule has 8 heteroatoms. The molecule has 0 fully saturated rings. The number of hydrogen-bond acceptors (Lipinski definition) is 6. The number of sulfonamides is 1. The first-order valence-corrected chi connectivity index (χ1v) is 6.81. The van der Waals surface area contributed by atoms with E-state index in [1.54, 1.807) is 0 Å². The number of rotatable bonds is 7. The van der Waals surface area contributed by atoms with Crippen molar-refractivity contribution >= 4 is 16.0 Å². The molecule has 1 aromatic rings. The van der Waals surface area contributed by atoms with Crippen molar-refractivity contribution in [3.63, 3.8) is 0 Å². The van der Waals surface area contributed by atoms with Crippen molar-refractivity contribution in [2.24, 2.45) is 0 Å². The van der Waals surface area contributed by atoms with E-state index >= 15 is 0 Å². The third-order valence-corrected chi connectivity index (χ3v) is 3.41. The molecule has 0 aromatic heterocycles. The predicted octanol–water partition coefficient (Wildman–Crippen LogP) is 0.329. The highest BCUT2D eigenvalue weighted by atomic mass is 32.2. The molecular formula is C11H15NO6S. The Hall–Kier alpha value is -1.48. The van der Waals surface area contributed by atoms with Crippen LogP contribution in [0.15, 0.2) is 29.2 Å². The maximum Gasteiger partial charge on any atom is 0.339 e. The van der Waals surface area contributed by atoms with E-state index in [1.807, 2.05) is 4.89 Å². The number of carbonyl (C=O) groups excluding carboxylic acids is 1. The molecule has 0 radical (unpaired) electrons. The van der Waals surface area contributed by atoms with E-state index in [-0.39, 0.29) is 23.7 Å². The van der Waals surface area contributed by atoms with Crippen molar-refractivity contribution in [1.82, 2.24) is 4.89 Å². The number of hydrogen-bond donors (Lipinski definition) is 1. The fraction of sp³-hybridized carbons (Fsp3) is 0.364. The smallest absolute Gasteiger partial charge is 0.339 e. The molecule has 0 saturated heterocycles. The Bertz CT molecular complexity index is 528. The second-order valence-corrected chi connectivity index (χ2v) is 5.03.